The van der Waals surface area contributed by atoms with E-state index in [2.05, 4.69) is 24.8 Å². The van der Waals surface area contributed by atoms with Crippen molar-refractivity contribution < 1.29 is 9.90 Å². The van der Waals surface area contributed by atoms with Gasteiger partial charge in [0.15, 0.2) is 5.78 Å². The summed E-state index contributed by atoms with van der Waals surface area (Å²) in [6.07, 6.45) is 2.91. The van der Waals surface area contributed by atoms with Crippen LogP contribution >= 0.6 is 12.4 Å². The summed E-state index contributed by atoms with van der Waals surface area (Å²) in [5, 5.41) is 9.78. The van der Waals surface area contributed by atoms with Crippen LogP contribution < -0.4 is 4.90 Å². The molecule has 0 aliphatic carbocycles. The number of nitrogens with zero attached hydrogens (tertiary/aromatic N) is 1. The molecule has 0 spiro atoms. The van der Waals surface area contributed by atoms with E-state index >= 15 is 0 Å². The molecule has 0 bridgehead atoms. The number of aromatic hydroxyl groups is 1. The molecule has 0 saturated carbocycles. The third kappa shape index (κ3) is 5.49. The zero-order chi connectivity index (χ0) is 18.5. The Morgan fingerprint density at radius 3 is 2.56 bits per heavy atom. The number of halogens is 1. The molecule has 146 valence electrons. The highest BCUT2D eigenvalue weighted by molar-refractivity contribution is 5.96. The van der Waals surface area contributed by atoms with Gasteiger partial charge in [0.25, 0.3) is 0 Å². The monoisotopic (exact) mass is 387 g/mol. The average Bonchev–Trinajstić information content (AvgIpc) is 2.66. The maximum atomic E-state index is 12.8. The van der Waals surface area contributed by atoms with E-state index in [-0.39, 0.29) is 18.2 Å². The Balaban J connectivity index is 0.00000261. The summed E-state index contributed by atoms with van der Waals surface area (Å²) in [5.74, 6) is 1.90. The Hall–Kier alpha value is -2.00. The fourth-order valence-corrected chi connectivity index (χ4v) is 4.19. The standard InChI is InChI=1S/C23H29NO2.ClH/c1-17(2)22(15-23(26)18-8-4-3-5-9-18)19-10-7-13-24(16-19)20-11-6-12-21(25)14-20;/h3-6,8-9,11-12,14,17,19,22,25H,7,10,13,15-16H2,1-2H3;1H. The smallest absolute Gasteiger partial charge is 0.163 e. The summed E-state index contributed by atoms with van der Waals surface area (Å²) in [5.41, 5.74) is 1.89. The molecule has 2 aromatic carbocycles. The molecule has 1 N–H and O–H groups in total. The predicted octanol–water partition coefficient (Wildman–Crippen LogP) is 5.58. The lowest BCUT2D eigenvalue weighted by Crippen LogP contribution is -2.40. The Labute approximate surface area is 168 Å². The van der Waals surface area contributed by atoms with Gasteiger partial charge in [-0.15, -0.1) is 12.4 Å². The summed E-state index contributed by atoms with van der Waals surface area (Å²) < 4.78 is 0. The Kier molecular flexibility index (Phi) is 7.73. The molecule has 0 radical (unpaired) electrons. The third-order valence-corrected chi connectivity index (χ3v) is 5.63. The average molecular weight is 388 g/mol. The number of rotatable bonds is 6. The first-order chi connectivity index (χ1) is 12.5. The quantitative estimate of drug-likeness (QED) is 0.658. The topological polar surface area (TPSA) is 40.5 Å². The fraction of sp³-hybridized carbons (Fsp3) is 0.435. The second-order valence-electron chi connectivity index (χ2n) is 7.77. The minimum Gasteiger partial charge on any atom is -0.508 e. The van der Waals surface area contributed by atoms with Crippen LogP contribution in [0.5, 0.6) is 5.75 Å². The lowest BCUT2D eigenvalue weighted by atomic mass is 9.75. The molecule has 0 aromatic heterocycles. The van der Waals surface area contributed by atoms with Crippen LogP contribution in [0, 0.1) is 17.8 Å². The fourth-order valence-electron chi connectivity index (χ4n) is 4.19. The number of phenolic OH excluding ortho intramolecular Hbond substituents is 1. The number of benzene rings is 2. The van der Waals surface area contributed by atoms with Gasteiger partial charge in [0.05, 0.1) is 0 Å². The van der Waals surface area contributed by atoms with Crippen LogP contribution in [-0.2, 0) is 0 Å². The normalized spacial score (nSPS) is 18.0. The Morgan fingerprint density at radius 2 is 1.89 bits per heavy atom. The molecule has 0 amide bonds. The summed E-state index contributed by atoms with van der Waals surface area (Å²) in [4.78, 5) is 15.1. The number of hydrogen-bond acceptors (Lipinski definition) is 3. The van der Waals surface area contributed by atoms with E-state index in [9.17, 15) is 9.90 Å². The molecule has 1 fully saturated rings. The minimum atomic E-state index is 0. The molecule has 4 heteroatoms. The Morgan fingerprint density at radius 1 is 1.15 bits per heavy atom. The molecule has 1 aliphatic heterocycles. The number of Topliss-reactive ketones (excluding diaryl/α,β-unsaturated/α-hetero) is 1. The highest BCUT2D eigenvalue weighted by Crippen LogP contribution is 2.35. The van der Waals surface area contributed by atoms with Crippen molar-refractivity contribution in [1.29, 1.82) is 0 Å². The summed E-state index contributed by atoms with van der Waals surface area (Å²) >= 11 is 0. The van der Waals surface area contributed by atoms with E-state index in [1.807, 2.05) is 42.5 Å². The summed E-state index contributed by atoms with van der Waals surface area (Å²) in [6, 6.07) is 17.1. The number of piperidine rings is 1. The molecule has 3 nitrogen and oxygen atoms in total. The third-order valence-electron chi connectivity index (χ3n) is 5.63. The summed E-state index contributed by atoms with van der Waals surface area (Å²) in [7, 11) is 0. The van der Waals surface area contributed by atoms with Crippen molar-refractivity contribution in [2.24, 2.45) is 17.8 Å². The zero-order valence-corrected chi connectivity index (χ0v) is 17.0. The summed E-state index contributed by atoms with van der Waals surface area (Å²) in [6.45, 7) is 6.43. The van der Waals surface area contributed by atoms with E-state index < -0.39 is 0 Å². The highest BCUT2D eigenvalue weighted by atomic mass is 35.5. The van der Waals surface area contributed by atoms with Gasteiger partial charge >= 0.3 is 0 Å². The van der Waals surface area contributed by atoms with E-state index in [0.717, 1.165) is 30.8 Å². The number of ketones is 1. The van der Waals surface area contributed by atoms with E-state index in [4.69, 9.17) is 0 Å². The van der Waals surface area contributed by atoms with Gasteiger partial charge in [-0.3, -0.25) is 4.79 Å². The van der Waals surface area contributed by atoms with Gasteiger partial charge in [0, 0.05) is 36.8 Å². The van der Waals surface area contributed by atoms with Gasteiger partial charge in [0.1, 0.15) is 5.75 Å². The minimum absolute atomic E-state index is 0. The van der Waals surface area contributed by atoms with Crippen molar-refractivity contribution in [3.8, 4) is 5.75 Å². The van der Waals surface area contributed by atoms with Crippen LogP contribution in [0.3, 0.4) is 0 Å². The van der Waals surface area contributed by atoms with E-state index in [0.29, 0.717) is 29.9 Å². The van der Waals surface area contributed by atoms with Gasteiger partial charge in [-0.1, -0.05) is 50.2 Å². The van der Waals surface area contributed by atoms with Gasteiger partial charge in [-0.25, -0.2) is 0 Å². The van der Waals surface area contributed by atoms with Crippen LogP contribution in [0.15, 0.2) is 54.6 Å². The van der Waals surface area contributed by atoms with Crippen LogP contribution in [0.2, 0.25) is 0 Å². The first-order valence-corrected chi connectivity index (χ1v) is 9.67. The molecular formula is C23H30ClNO2. The van der Waals surface area contributed by atoms with Crippen LogP contribution in [-0.4, -0.2) is 24.0 Å². The molecule has 2 atom stereocenters. The van der Waals surface area contributed by atoms with Crippen molar-refractivity contribution in [2.45, 2.75) is 33.1 Å². The molecule has 27 heavy (non-hydrogen) atoms. The first kappa shape index (κ1) is 21.3. The maximum absolute atomic E-state index is 12.8. The van der Waals surface area contributed by atoms with Crippen molar-refractivity contribution in [1.82, 2.24) is 0 Å². The number of hydrogen-bond donors (Lipinski definition) is 1. The maximum Gasteiger partial charge on any atom is 0.163 e. The van der Waals surface area contributed by atoms with Crippen molar-refractivity contribution >= 4 is 23.9 Å². The highest BCUT2D eigenvalue weighted by Gasteiger charge is 2.31. The molecule has 1 aliphatic rings. The molecule has 2 aromatic rings. The van der Waals surface area contributed by atoms with Gasteiger partial charge in [-0.2, -0.15) is 0 Å². The molecule has 1 saturated heterocycles. The number of carbonyl (C=O) groups excluding carboxylic acids is 1. The number of phenols is 1. The first-order valence-electron chi connectivity index (χ1n) is 9.67. The molecule has 3 rings (SSSR count). The number of anilines is 1. The lowest BCUT2D eigenvalue weighted by Gasteiger charge is -2.39. The van der Waals surface area contributed by atoms with E-state index in [1.54, 1.807) is 6.07 Å². The lowest BCUT2D eigenvalue weighted by molar-refractivity contribution is 0.0910. The van der Waals surface area contributed by atoms with Gasteiger partial charge < -0.3 is 10.0 Å². The van der Waals surface area contributed by atoms with Crippen molar-refractivity contribution in [3.05, 3.63) is 60.2 Å². The second-order valence-corrected chi connectivity index (χ2v) is 7.77. The largest absolute Gasteiger partial charge is 0.508 e. The van der Waals surface area contributed by atoms with Crippen LogP contribution in [0.1, 0.15) is 43.5 Å². The van der Waals surface area contributed by atoms with Crippen molar-refractivity contribution in [3.63, 3.8) is 0 Å². The van der Waals surface area contributed by atoms with Crippen LogP contribution in [0.4, 0.5) is 5.69 Å². The van der Waals surface area contributed by atoms with Gasteiger partial charge in [0.2, 0.25) is 0 Å². The SMILES string of the molecule is CC(C)C(CC(=O)c1ccccc1)C1CCCN(c2cccc(O)c2)C1.Cl. The Bertz CT molecular complexity index is 732. The van der Waals surface area contributed by atoms with Crippen LogP contribution in [0.25, 0.3) is 0 Å². The molecular weight excluding hydrogens is 358 g/mol. The molecule has 2 unspecified atom stereocenters. The van der Waals surface area contributed by atoms with Gasteiger partial charge in [-0.05, 0) is 42.7 Å². The van der Waals surface area contributed by atoms with Crippen molar-refractivity contribution in [2.75, 3.05) is 18.0 Å². The predicted molar refractivity (Wildman–Crippen MR) is 114 cm³/mol. The molecule has 1 heterocycles. The number of carbonyl (C=O) groups is 1. The second kappa shape index (κ2) is 9.80. The van der Waals surface area contributed by atoms with E-state index in [1.165, 1.54) is 6.42 Å². The zero-order valence-electron chi connectivity index (χ0n) is 16.2.